The predicted octanol–water partition coefficient (Wildman–Crippen LogP) is 4.31. The molecule has 1 aliphatic heterocycles. The average Bonchev–Trinajstić information content (AvgIpc) is 2.83. The molecule has 2 heterocycles. The molecular weight excluding hydrogens is 302 g/mol. The number of rotatable bonds is 4. The zero-order chi connectivity index (χ0) is 14.7. The smallest absolute Gasteiger partial charge is 0.262 e. The molecule has 1 aromatic carbocycles. The standard InChI is InChI=1S/C16H19NO2S2/c1-2-3-8-19-11-5-6-13-12(10-11)14-15(21-13)16(18)17-7-4-9-20-14/h5-6,10H,2-4,7-9H2,1H3,(H,17,18). The van der Waals surface area contributed by atoms with Crippen molar-refractivity contribution < 1.29 is 9.53 Å². The highest BCUT2D eigenvalue weighted by Crippen LogP contribution is 2.40. The lowest BCUT2D eigenvalue weighted by molar-refractivity contribution is 0.0955. The predicted molar refractivity (Wildman–Crippen MR) is 89.9 cm³/mol. The van der Waals surface area contributed by atoms with E-state index in [0.29, 0.717) is 0 Å². The van der Waals surface area contributed by atoms with Gasteiger partial charge in [-0.25, -0.2) is 0 Å². The van der Waals surface area contributed by atoms with E-state index in [1.165, 1.54) is 0 Å². The van der Waals surface area contributed by atoms with Gasteiger partial charge in [-0.05, 0) is 36.8 Å². The van der Waals surface area contributed by atoms with Crippen molar-refractivity contribution in [1.82, 2.24) is 5.32 Å². The van der Waals surface area contributed by atoms with Gasteiger partial charge < -0.3 is 10.1 Å². The molecule has 1 aromatic heterocycles. The van der Waals surface area contributed by atoms with E-state index in [-0.39, 0.29) is 5.91 Å². The molecule has 0 bridgehead atoms. The molecule has 0 saturated heterocycles. The SMILES string of the molecule is CCCCOc1ccc2sc3c(c2c1)SCCCNC3=O. The number of unbranched alkanes of at least 4 members (excludes halogenated alkanes) is 1. The van der Waals surface area contributed by atoms with Crippen LogP contribution >= 0.6 is 23.1 Å². The second-order valence-corrected chi connectivity index (χ2v) is 7.24. The van der Waals surface area contributed by atoms with Crippen LogP contribution in [0.3, 0.4) is 0 Å². The van der Waals surface area contributed by atoms with Crippen molar-refractivity contribution in [3.05, 3.63) is 23.1 Å². The van der Waals surface area contributed by atoms with Crippen LogP contribution in [0.15, 0.2) is 23.1 Å². The number of fused-ring (bicyclic) bond motifs is 3. The van der Waals surface area contributed by atoms with Gasteiger partial charge in [0.1, 0.15) is 10.6 Å². The van der Waals surface area contributed by atoms with Gasteiger partial charge in [0.05, 0.1) is 6.61 Å². The summed E-state index contributed by atoms with van der Waals surface area (Å²) in [5.41, 5.74) is 0. The van der Waals surface area contributed by atoms with Crippen LogP contribution in [0.25, 0.3) is 10.1 Å². The summed E-state index contributed by atoms with van der Waals surface area (Å²) in [4.78, 5) is 14.1. The van der Waals surface area contributed by atoms with Crippen molar-refractivity contribution in [2.45, 2.75) is 31.1 Å². The monoisotopic (exact) mass is 321 g/mol. The largest absolute Gasteiger partial charge is 0.494 e. The summed E-state index contributed by atoms with van der Waals surface area (Å²) < 4.78 is 6.95. The molecule has 2 aromatic rings. The van der Waals surface area contributed by atoms with Gasteiger partial charge in [0.25, 0.3) is 5.91 Å². The van der Waals surface area contributed by atoms with E-state index in [2.05, 4.69) is 24.4 Å². The van der Waals surface area contributed by atoms with Crippen molar-refractivity contribution in [1.29, 1.82) is 0 Å². The van der Waals surface area contributed by atoms with E-state index in [1.807, 2.05) is 6.07 Å². The minimum Gasteiger partial charge on any atom is -0.494 e. The molecule has 21 heavy (non-hydrogen) atoms. The van der Waals surface area contributed by atoms with Crippen molar-refractivity contribution in [2.75, 3.05) is 18.9 Å². The van der Waals surface area contributed by atoms with Gasteiger partial charge >= 0.3 is 0 Å². The van der Waals surface area contributed by atoms with Gasteiger partial charge in [-0.3, -0.25) is 4.79 Å². The summed E-state index contributed by atoms with van der Waals surface area (Å²) in [6.07, 6.45) is 3.21. The van der Waals surface area contributed by atoms with Gasteiger partial charge in [-0.2, -0.15) is 0 Å². The number of amides is 1. The average molecular weight is 321 g/mol. The summed E-state index contributed by atoms with van der Waals surface area (Å²) in [6, 6.07) is 6.16. The number of thiophene rings is 1. The molecule has 5 heteroatoms. The first kappa shape index (κ1) is 14.7. The Bertz CT molecular complexity index is 651. The van der Waals surface area contributed by atoms with Crippen LogP contribution in [0.4, 0.5) is 0 Å². The van der Waals surface area contributed by atoms with E-state index in [0.717, 1.165) is 63.8 Å². The normalized spacial score (nSPS) is 15.2. The zero-order valence-electron chi connectivity index (χ0n) is 12.1. The van der Waals surface area contributed by atoms with Crippen molar-refractivity contribution in [3.63, 3.8) is 0 Å². The number of hydrogen-bond acceptors (Lipinski definition) is 4. The molecule has 0 saturated carbocycles. The fourth-order valence-corrected chi connectivity index (χ4v) is 4.70. The molecule has 1 amide bonds. The van der Waals surface area contributed by atoms with Gasteiger partial charge in [0, 0.05) is 21.5 Å². The summed E-state index contributed by atoms with van der Waals surface area (Å²) in [5, 5.41) is 4.14. The summed E-state index contributed by atoms with van der Waals surface area (Å²) in [6.45, 7) is 3.68. The molecule has 3 rings (SSSR count). The minimum atomic E-state index is 0.0619. The second kappa shape index (κ2) is 6.71. The maximum absolute atomic E-state index is 12.2. The summed E-state index contributed by atoms with van der Waals surface area (Å²) in [7, 11) is 0. The lowest BCUT2D eigenvalue weighted by atomic mass is 10.2. The third kappa shape index (κ3) is 3.19. The Kier molecular flexibility index (Phi) is 4.70. The van der Waals surface area contributed by atoms with Gasteiger partial charge in [0.2, 0.25) is 0 Å². The molecule has 3 nitrogen and oxygen atoms in total. The molecule has 112 valence electrons. The number of carbonyl (C=O) groups is 1. The first-order chi connectivity index (χ1) is 10.3. The molecule has 0 radical (unpaired) electrons. The zero-order valence-corrected chi connectivity index (χ0v) is 13.7. The van der Waals surface area contributed by atoms with E-state index in [4.69, 9.17) is 4.74 Å². The number of benzene rings is 1. The number of ether oxygens (including phenoxy) is 1. The van der Waals surface area contributed by atoms with Crippen LogP contribution in [0.5, 0.6) is 5.75 Å². The highest BCUT2D eigenvalue weighted by Gasteiger charge is 2.20. The quantitative estimate of drug-likeness (QED) is 0.853. The molecular formula is C16H19NO2S2. The van der Waals surface area contributed by atoms with Crippen LogP contribution in [0, 0.1) is 0 Å². The highest BCUT2D eigenvalue weighted by atomic mass is 32.2. The third-order valence-corrected chi connectivity index (χ3v) is 5.94. The Balaban J connectivity index is 1.96. The molecule has 0 aliphatic carbocycles. The Morgan fingerprint density at radius 1 is 1.38 bits per heavy atom. The maximum atomic E-state index is 12.2. The summed E-state index contributed by atoms with van der Waals surface area (Å²) in [5.74, 6) is 2.01. The number of carbonyl (C=O) groups excluding carboxylic acids is 1. The Morgan fingerprint density at radius 3 is 3.14 bits per heavy atom. The minimum absolute atomic E-state index is 0.0619. The molecule has 0 spiro atoms. The lowest BCUT2D eigenvalue weighted by Gasteiger charge is -2.10. The number of hydrogen-bond donors (Lipinski definition) is 1. The van der Waals surface area contributed by atoms with Crippen molar-refractivity contribution in [3.8, 4) is 5.75 Å². The highest BCUT2D eigenvalue weighted by molar-refractivity contribution is 7.99. The molecule has 0 atom stereocenters. The number of thioether (sulfide) groups is 1. The van der Waals surface area contributed by atoms with Crippen molar-refractivity contribution in [2.24, 2.45) is 0 Å². The molecule has 0 unspecified atom stereocenters. The molecule has 0 fully saturated rings. The van der Waals surface area contributed by atoms with Gasteiger partial charge in [-0.15, -0.1) is 23.1 Å². The first-order valence-corrected chi connectivity index (χ1v) is 9.20. The maximum Gasteiger partial charge on any atom is 0.262 e. The lowest BCUT2D eigenvalue weighted by Crippen LogP contribution is -2.25. The van der Waals surface area contributed by atoms with Crippen LogP contribution < -0.4 is 10.1 Å². The Labute approximate surface area is 133 Å². The van der Waals surface area contributed by atoms with Crippen LogP contribution in [-0.2, 0) is 0 Å². The fraction of sp³-hybridized carbons (Fsp3) is 0.438. The van der Waals surface area contributed by atoms with E-state index in [9.17, 15) is 4.79 Å². The number of nitrogens with one attached hydrogen (secondary N) is 1. The van der Waals surface area contributed by atoms with Crippen LogP contribution in [0.2, 0.25) is 0 Å². The van der Waals surface area contributed by atoms with Crippen molar-refractivity contribution >= 4 is 39.1 Å². The van der Waals surface area contributed by atoms with Gasteiger partial charge in [0.15, 0.2) is 0 Å². The Hall–Kier alpha value is -1.20. The first-order valence-electron chi connectivity index (χ1n) is 7.40. The second-order valence-electron chi connectivity index (χ2n) is 5.08. The fourth-order valence-electron chi connectivity index (χ4n) is 2.30. The van der Waals surface area contributed by atoms with E-state index in [1.54, 1.807) is 23.1 Å². The molecule has 1 N–H and O–H groups in total. The topological polar surface area (TPSA) is 38.3 Å². The van der Waals surface area contributed by atoms with E-state index < -0.39 is 0 Å². The van der Waals surface area contributed by atoms with Gasteiger partial charge in [-0.1, -0.05) is 13.3 Å². The summed E-state index contributed by atoms with van der Waals surface area (Å²) >= 11 is 3.37. The Morgan fingerprint density at radius 2 is 2.29 bits per heavy atom. The van der Waals surface area contributed by atoms with Crippen LogP contribution in [-0.4, -0.2) is 24.8 Å². The van der Waals surface area contributed by atoms with E-state index >= 15 is 0 Å². The third-order valence-electron chi connectivity index (χ3n) is 3.44. The molecule has 1 aliphatic rings. The van der Waals surface area contributed by atoms with Crippen LogP contribution in [0.1, 0.15) is 35.9 Å².